The Morgan fingerprint density at radius 1 is 1.37 bits per heavy atom. The molecule has 0 radical (unpaired) electrons. The van der Waals surface area contributed by atoms with Gasteiger partial charge in [-0.15, -0.1) is 0 Å². The van der Waals surface area contributed by atoms with E-state index in [0.29, 0.717) is 4.47 Å². The second-order valence-electron chi connectivity index (χ2n) is 3.77. The van der Waals surface area contributed by atoms with Crippen molar-refractivity contribution in [2.24, 2.45) is 5.73 Å². The fraction of sp³-hybridized carbons (Fsp3) is 0.182. The third-order valence-corrected chi connectivity index (χ3v) is 2.76. The largest absolute Gasteiger partial charge is 0.480 e. The van der Waals surface area contributed by atoms with Gasteiger partial charge in [-0.25, -0.2) is 4.79 Å². The lowest BCUT2D eigenvalue weighted by molar-refractivity contribution is -0.140. The quantitative estimate of drug-likeness (QED) is 0.567. The number of nitrogen functional groups attached to an aromatic ring is 1. The topological polar surface area (TPSA) is 136 Å². The van der Waals surface area contributed by atoms with Crippen molar-refractivity contribution in [3.8, 4) is 0 Å². The highest BCUT2D eigenvalue weighted by Gasteiger charge is 2.23. The number of hydrogen-bond donors (Lipinski definition) is 4. The number of primary amides is 1. The van der Waals surface area contributed by atoms with Gasteiger partial charge in [0.1, 0.15) is 6.04 Å². The van der Waals surface area contributed by atoms with Gasteiger partial charge in [0, 0.05) is 10.2 Å². The minimum Gasteiger partial charge on any atom is -0.480 e. The Kier molecular flexibility index (Phi) is 4.87. The molecule has 0 bridgehead atoms. The molecule has 1 aromatic rings. The Morgan fingerprint density at radius 3 is 2.47 bits per heavy atom. The van der Waals surface area contributed by atoms with Crippen molar-refractivity contribution in [1.29, 1.82) is 0 Å². The zero-order valence-corrected chi connectivity index (χ0v) is 11.3. The fourth-order valence-corrected chi connectivity index (χ4v) is 1.76. The maximum Gasteiger partial charge on any atom is 0.326 e. The third-order valence-electron chi connectivity index (χ3n) is 2.27. The van der Waals surface area contributed by atoms with Crippen LogP contribution in [-0.4, -0.2) is 28.9 Å². The maximum atomic E-state index is 11.9. The number of anilines is 1. The molecule has 0 saturated heterocycles. The third kappa shape index (κ3) is 4.25. The number of amides is 2. The predicted molar refractivity (Wildman–Crippen MR) is 71.3 cm³/mol. The molecule has 0 saturated carbocycles. The molecule has 1 rings (SSSR count). The van der Waals surface area contributed by atoms with Crippen LogP contribution in [0, 0.1) is 0 Å². The summed E-state index contributed by atoms with van der Waals surface area (Å²) in [5.74, 6) is -2.85. The van der Waals surface area contributed by atoms with Crippen LogP contribution in [0.4, 0.5) is 5.69 Å². The first-order chi connectivity index (χ1) is 8.81. The van der Waals surface area contributed by atoms with E-state index in [1.165, 1.54) is 12.1 Å². The Labute approximate surface area is 117 Å². The van der Waals surface area contributed by atoms with Crippen molar-refractivity contribution in [1.82, 2.24) is 5.32 Å². The lowest BCUT2D eigenvalue weighted by Gasteiger charge is -2.13. The van der Waals surface area contributed by atoms with E-state index in [0.717, 1.165) is 0 Å². The van der Waals surface area contributed by atoms with Crippen LogP contribution in [0.15, 0.2) is 22.7 Å². The molecule has 0 aromatic heterocycles. The van der Waals surface area contributed by atoms with Gasteiger partial charge in [-0.2, -0.15) is 0 Å². The van der Waals surface area contributed by atoms with Crippen molar-refractivity contribution >= 4 is 39.4 Å². The van der Waals surface area contributed by atoms with Crippen LogP contribution >= 0.6 is 15.9 Å². The van der Waals surface area contributed by atoms with E-state index in [-0.39, 0.29) is 11.3 Å². The number of carboxylic acid groups (broad SMARTS) is 1. The first kappa shape index (κ1) is 15.0. The van der Waals surface area contributed by atoms with E-state index in [1.54, 1.807) is 6.07 Å². The molecule has 0 heterocycles. The second kappa shape index (κ2) is 6.19. The summed E-state index contributed by atoms with van der Waals surface area (Å²) in [4.78, 5) is 33.5. The van der Waals surface area contributed by atoms with E-state index in [1.807, 2.05) is 0 Å². The van der Waals surface area contributed by atoms with Crippen LogP contribution in [0.2, 0.25) is 0 Å². The molecule has 8 heteroatoms. The van der Waals surface area contributed by atoms with Gasteiger partial charge in [0.2, 0.25) is 5.91 Å². The summed E-state index contributed by atoms with van der Waals surface area (Å²) in [7, 11) is 0. The van der Waals surface area contributed by atoms with Gasteiger partial charge >= 0.3 is 5.97 Å². The van der Waals surface area contributed by atoms with Gasteiger partial charge in [-0.05, 0) is 18.2 Å². The molecule has 102 valence electrons. The van der Waals surface area contributed by atoms with E-state index < -0.39 is 30.2 Å². The first-order valence-corrected chi connectivity index (χ1v) is 5.97. The van der Waals surface area contributed by atoms with Crippen LogP contribution in [0.25, 0.3) is 0 Å². The molecular formula is C11H12BrN3O4. The van der Waals surface area contributed by atoms with E-state index >= 15 is 0 Å². The molecule has 19 heavy (non-hydrogen) atoms. The maximum absolute atomic E-state index is 11.9. The molecule has 0 aliphatic rings. The molecule has 0 spiro atoms. The fourth-order valence-electron chi connectivity index (χ4n) is 1.38. The minimum atomic E-state index is -1.38. The summed E-state index contributed by atoms with van der Waals surface area (Å²) in [6.45, 7) is 0. The van der Waals surface area contributed by atoms with Gasteiger partial charge in [0.15, 0.2) is 0 Å². The van der Waals surface area contributed by atoms with Gasteiger partial charge in [-0.3, -0.25) is 9.59 Å². The smallest absolute Gasteiger partial charge is 0.326 e. The van der Waals surface area contributed by atoms with Crippen molar-refractivity contribution in [2.75, 3.05) is 5.73 Å². The molecule has 1 atom stereocenters. The monoisotopic (exact) mass is 329 g/mol. The number of carbonyl (C=O) groups is 3. The Bertz CT molecular complexity index is 533. The van der Waals surface area contributed by atoms with Gasteiger partial charge < -0.3 is 21.9 Å². The molecular weight excluding hydrogens is 318 g/mol. The average molecular weight is 330 g/mol. The normalized spacial score (nSPS) is 11.6. The van der Waals surface area contributed by atoms with Crippen LogP contribution in [-0.2, 0) is 9.59 Å². The van der Waals surface area contributed by atoms with E-state index in [4.69, 9.17) is 16.6 Å². The summed E-state index contributed by atoms with van der Waals surface area (Å²) in [5, 5.41) is 11.1. The Hall–Kier alpha value is -2.09. The zero-order valence-electron chi connectivity index (χ0n) is 9.72. The highest BCUT2D eigenvalue weighted by molar-refractivity contribution is 9.10. The summed E-state index contributed by atoms with van der Waals surface area (Å²) in [6, 6.07) is 3.17. The highest BCUT2D eigenvalue weighted by Crippen LogP contribution is 2.18. The molecule has 7 nitrogen and oxygen atoms in total. The first-order valence-electron chi connectivity index (χ1n) is 5.18. The standard InChI is InChI=1S/C11H12BrN3O4/c12-5-1-2-6(7(13)3-5)10(17)15-8(11(18)19)4-9(14)16/h1-3,8H,4,13H2,(H2,14,16)(H,15,17)(H,18,19)/t8-/m1/s1. The number of nitrogens with two attached hydrogens (primary N) is 2. The summed E-state index contributed by atoms with van der Waals surface area (Å²) >= 11 is 3.19. The number of carboxylic acids is 1. The Balaban J connectivity index is 2.87. The number of benzene rings is 1. The molecule has 6 N–H and O–H groups in total. The van der Waals surface area contributed by atoms with Gasteiger partial charge in [0.05, 0.1) is 12.0 Å². The highest BCUT2D eigenvalue weighted by atomic mass is 79.9. The predicted octanol–water partition coefficient (Wildman–Crippen LogP) is 0.0897. The minimum absolute atomic E-state index is 0.124. The molecule has 1 aromatic carbocycles. The van der Waals surface area contributed by atoms with Crippen molar-refractivity contribution in [3.05, 3.63) is 28.2 Å². The van der Waals surface area contributed by atoms with Gasteiger partial charge in [0.25, 0.3) is 5.91 Å². The number of hydrogen-bond acceptors (Lipinski definition) is 4. The Morgan fingerprint density at radius 2 is 2.00 bits per heavy atom. The lowest BCUT2D eigenvalue weighted by Crippen LogP contribution is -2.43. The summed E-state index contributed by atoms with van der Waals surface area (Å²) < 4.78 is 0.688. The molecule has 0 fully saturated rings. The van der Waals surface area contributed by atoms with Crippen LogP contribution in [0.3, 0.4) is 0 Å². The number of aliphatic carboxylic acids is 1. The molecule has 2 amide bonds. The average Bonchev–Trinajstić information content (AvgIpc) is 2.26. The molecule has 0 aliphatic carbocycles. The number of halogens is 1. The number of rotatable bonds is 5. The molecule has 0 aliphatic heterocycles. The van der Waals surface area contributed by atoms with Crippen molar-refractivity contribution < 1.29 is 19.5 Å². The van der Waals surface area contributed by atoms with Crippen LogP contribution < -0.4 is 16.8 Å². The van der Waals surface area contributed by atoms with E-state index in [2.05, 4.69) is 21.2 Å². The van der Waals surface area contributed by atoms with Crippen LogP contribution in [0.1, 0.15) is 16.8 Å². The lowest BCUT2D eigenvalue weighted by atomic mass is 10.1. The SMILES string of the molecule is NC(=O)C[C@@H](NC(=O)c1ccc(Br)cc1N)C(=O)O. The van der Waals surface area contributed by atoms with E-state index in [9.17, 15) is 14.4 Å². The number of carbonyl (C=O) groups excluding carboxylic acids is 2. The van der Waals surface area contributed by atoms with Crippen molar-refractivity contribution in [2.45, 2.75) is 12.5 Å². The number of nitrogens with one attached hydrogen (secondary N) is 1. The summed E-state index contributed by atoms with van der Waals surface area (Å²) in [5.41, 5.74) is 10.9. The summed E-state index contributed by atoms with van der Waals surface area (Å²) in [6.07, 6.45) is -0.489. The zero-order chi connectivity index (χ0) is 14.6. The van der Waals surface area contributed by atoms with Crippen LogP contribution in [0.5, 0.6) is 0 Å². The van der Waals surface area contributed by atoms with Gasteiger partial charge in [-0.1, -0.05) is 15.9 Å². The van der Waals surface area contributed by atoms with Crippen molar-refractivity contribution in [3.63, 3.8) is 0 Å². The molecule has 0 unspecified atom stereocenters. The second-order valence-corrected chi connectivity index (χ2v) is 4.68.